The lowest BCUT2D eigenvalue weighted by atomic mass is 9.74. The number of nitrogens with one attached hydrogen (secondary N) is 1. The molecule has 1 aliphatic heterocycles. The quantitative estimate of drug-likeness (QED) is 0.726. The van der Waals surface area contributed by atoms with Crippen LogP contribution in [0, 0.1) is 0 Å². The highest BCUT2D eigenvalue weighted by Crippen LogP contribution is 2.34. The molecule has 2 rings (SSSR count). The number of benzene rings is 1. The van der Waals surface area contributed by atoms with Crippen molar-refractivity contribution in [3.63, 3.8) is 0 Å². The van der Waals surface area contributed by atoms with Crippen LogP contribution in [0.25, 0.3) is 0 Å². The maximum absolute atomic E-state index is 12.4. The van der Waals surface area contributed by atoms with Gasteiger partial charge in [0.05, 0.1) is 6.54 Å². The molecule has 0 bridgehead atoms. The lowest BCUT2D eigenvalue weighted by Gasteiger charge is -2.38. The third-order valence-corrected chi connectivity index (χ3v) is 4.91. The third kappa shape index (κ3) is 6.61. The summed E-state index contributed by atoms with van der Waals surface area (Å²) < 4.78 is 5.56. The molecule has 1 fully saturated rings. The predicted molar refractivity (Wildman–Crippen MR) is 105 cm³/mol. The standard InChI is InChI=1S/C20H32N2O2.ClH/c1-3-12-22(13-4-2)16-19(23)21-17-20(10-14-24-15-11-20)18-8-6-5-7-9-18;/h5-9H,3-4,10-17H2,1-2H3,(H,21,23);1H. The fraction of sp³-hybridized carbons (Fsp3) is 0.650. The highest BCUT2D eigenvalue weighted by atomic mass is 35.5. The second kappa shape index (κ2) is 11.5. The minimum absolute atomic E-state index is 0. The van der Waals surface area contributed by atoms with Crippen LogP contribution < -0.4 is 5.32 Å². The molecule has 0 aliphatic carbocycles. The maximum Gasteiger partial charge on any atom is 0.234 e. The van der Waals surface area contributed by atoms with E-state index in [1.165, 1.54) is 5.56 Å². The molecular formula is C20H33ClN2O2. The summed E-state index contributed by atoms with van der Waals surface area (Å²) >= 11 is 0. The molecule has 1 aliphatic rings. The van der Waals surface area contributed by atoms with Crippen LogP contribution >= 0.6 is 12.4 Å². The number of rotatable bonds is 9. The zero-order valence-corrected chi connectivity index (χ0v) is 16.4. The Kier molecular flexibility index (Phi) is 10.1. The van der Waals surface area contributed by atoms with Gasteiger partial charge < -0.3 is 10.1 Å². The van der Waals surface area contributed by atoms with Crippen molar-refractivity contribution in [2.75, 3.05) is 39.4 Å². The van der Waals surface area contributed by atoms with E-state index in [0.717, 1.165) is 52.0 Å². The van der Waals surface area contributed by atoms with Gasteiger partial charge in [-0.2, -0.15) is 0 Å². The largest absolute Gasteiger partial charge is 0.381 e. The lowest BCUT2D eigenvalue weighted by molar-refractivity contribution is -0.122. The molecule has 25 heavy (non-hydrogen) atoms. The van der Waals surface area contributed by atoms with Gasteiger partial charge in [-0.25, -0.2) is 0 Å². The molecule has 0 unspecified atom stereocenters. The third-order valence-electron chi connectivity index (χ3n) is 4.91. The number of amides is 1. The Morgan fingerprint density at radius 2 is 1.72 bits per heavy atom. The molecule has 0 saturated carbocycles. The van der Waals surface area contributed by atoms with Gasteiger partial charge in [-0.15, -0.1) is 12.4 Å². The Bertz CT molecular complexity index is 484. The van der Waals surface area contributed by atoms with Crippen LogP contribution in [0.1, 0.15) is 45.1 Å². The van der Waals surface area contributed by atoms with Crippen molar-refractivity contribution >= 4 is 18.3 Å². The zero-order chi connectivity index (χ0) is 17.3. The minimum Gasteiger partial charge on any atom is -0.381 e. The molecule has 1 aromatic carbocycles. The molecule has 1 heterocycles. The number of hydrogen-bond donors (Lipinski definition) is 1. The van der Waals surface area contributed by atoms with E-state index in [2.05, 4.69) is 48.3 Å². The topological polar surface area (TPSA) is 41.6 Å². The first kappa shape index (κ1) is 21.9. The molecule has 0 spiro atoms. The average Bonchev–Trinajstić information content (AvgIpc) is 2.62. The van der Waals surface area contributed by atoms with Gasteiger partial charge in [0.1, 0.15) is 0 Å². The van der Waals surface area contributed by atoms with E-state index < -0.39 is 0 Å². The van der Waals surface area contributed by atoms with Crippen LogP contribution in [0.4, 0.5) is 0 Å². The molecule has 4 nitrogen and oxygen atoms in total. The molecule has 1 aromatic rings. The maximum atomic E-state index is 12.4. The molecule has 0 aromatic heterocycles. The van der Waals surface area contributed by atoms with Crippen molar-refractivity contribution in [1.82, 2.24) is 10.2 Å². The summed E-state index contributed by atoms with van der Waals surface area (Å²) in [7, 11) is 0. The summed E-state index contributed by atoms with van der Waals surface area (Å²) in [6, 6.07) is 10.6. The summed E-state index contributed by atoms with van der Waals surface area (Å²) in [5.74, 6) is 0.138. The Morgan fingerprint density at radius 3 is 2.28 bits per heavy atom. The van der Waals surface area contributed by atoms with Crippen LogP contribution in [-0.2, 0) is 14.9 Å². The highest BCUT2D eigenvalue weighted by molar-refractivity contribution is 5.85. The zero-order valence-electron chi connectivity index (χ0n) is 15.6. The summed E-state index contributed by atoms with van der Waals surface area (Å²) in [5, 5.41) is 3.20. The Morgan fingerprint density at radius 1 is 1.12 bits per heavy atom. The van der Waals surface area contributed by atoms with Crippen LogP contribution in [0.3, 0.4) is 0 Å². The van der Waals surface area contributed by atoms with E-state index in [1.54, 1.807) is 0 Å². The molecule has 1 N–H and O–H groups in total. The van der Waals surface area contributed by atoms with Gasteiger partial charge in [-0.1, -0.05) is 44.2 Å². The molecule has 1 amide bonds. The van der Waals surface area contributed by atoms with Crippen LogP contribution in [-0.4, -0.2) is 50.2 Å². The molecule has 142 valence electrons. The summed E-state index contributed by atoms with van der Waals surface area (Å²) in [5.41, 5.74) is 1.32. The molecule has 0 radical (unpaired) electrons. The van der Waals surface area contributed by atoms with Crippen LogP contribution in [0.2, 0.25) is 0 Å². The Labute approximate surface area is 158 Å². The first-order chi connectivity index (χ1) is 11.7. The van der Waals surface area contributed by atoms with E-state index in [1.807, 2.05) is 6.07 Å². The lowest BCUT2D eigenvalue weighted by Crippen LogP contribution is -2.47. The van der Waals surface area contributed by atoms with E-state index in [4.69, 9.17) is 4.74 Å². The van der Waals surface area contributed by atoms with Gasteiger partial charge in [0, 0.05) is 25.2 Å². The highest BCUT2D eigenvalue weighted by Gasteiger charge is 2.34. The Hall–Kier alpha value is -1.10. The fourth-order valence-electron chi connectivity index (χ4n) is 3.55. The van der Waals surface area contributed by atoms with Gasteiger partial charge in [0.25, 0.3) is 0 Å². The number of hydrogen-bond acceptors (Lipinski definition) is 3. The van der Waals surface area contributed by atoms with Crippen LogP contribution in [0.5, 0.6) is 0 Å². The number of ether oxygens (including phenoxy) is 1. The van der Waals surface area contributed by atoms with Crippen molar-refractivity contribution in [2.45, 2.75) is 44.9 Å². The molecular weight excluding hydrogens is 336 g/mol. The Balaban J connectivity index is 0.00000312. The smallest absolute Gasteiger partial charge is 0.234 e. The fourth-order valence-corrected chi connectivity index (χ4v) is 3.55. The predicted octanol–water partition coefficient (Wildman–Crippen LogP) is 3.39. The van der Waals surface area contributed by atoms with Crippen molar-refractivity contribution in [3.8, 4) is 0 Å². The van der Waals surface area contributed by atoms with E-state index in [0.29, 0.717) is 13.1 Å². The van der Waals surface area contributed by atoms with Gasteiger partial charge in [-0.05, 0) is 44.3 Å². The minimum atomic E-state index is 0. The second-order valence-electron chi connectivity index (χ2n) is 6.81. The average molecular weight is 369 g/mol. The van der Waals surface area contributed by atoms with E-state index in [-0.39, 0.29) is 23.7 Å². The molecule has 0 atom stereocenters. The van der Waals surface area contributed by atoms with E-state index in [9.17, 15) is 4.79 Å². The van der Waals surface area contributed by atoms with Crippen molar-refractivity contribution in [1.29, 1.82) is 0 Å². The molecule has 1 saturated heterocycles. The van der Waals surface area contributed by atoms with Crippen LogP contribution in [0.15, 0.2) is 30.3 Å². The van der Waals surface area contributed by atoms with Gasteiger partial charge >= 0.3 is 0 Å². The first-order valence-electron chi connectivity index (χ1n) is 9.32. The van der Waals surface area contributed by atoms with Crippen molar-refractivity contribution in [2.24, 2.45) is 0 Å². The monoisotopic (exact) mass is 368 g/mol. The SMILES string of the molecule is CCCN(CCC)CC(=O)NCC1(c2ccccc2)CCOCC1.Cl. The second-order valence-corrected chi connectivity index (χ2v) is 6.81. The normalized spacial score (nSPS) is 16.3. The molecule has 5 heteroatoms. The number of halogens is 1. The summed E-state index contributed by atoms with van der Waals surface area (Å²) in [4.78, 5) is 14.7. The number of nitrogens with zero attached hydrogens (tertiary/aromatic N) is 1. The van der Waals surface area contributed by atoms with Crippen molar-refractivity contribution in [3.05, 3.63) is 35.9 Å². The van der Waals surface area contributed by atoms with Gasteiger partial charge in [0.2, 0.25) is 5.91 Å². The summed E-state index contributed by atoms with van der Waals surface area (Å²) in [6.07, 6.45) is 4.09. The number of carbonyl (C=O) groups is 1. The van der Waals surface area contributed by atoms with E-state index >= 15 is 0 Å². The van der Waals surface area contributed by atoms with Gasteiger partial charge in [-0.3, -0.25) is 9.69 Å². The van der Waals surface area contributed by atoms with Crippen molar-refractivity contribution < 1.29 is 9.53 Å². The first-order valence-corrected chi connectivity index (χ1v) is 9.32. The number of carbonyl (C=O) groups excluding carboxylic acids is 1. The van der Waals surface area contributed by atoms with Gasteiger partial charge in [0.15, 0.2) is 0 Å². The summed E-state index contributed by atoms with van der Waals surface area (Å²) in [6.45, 7) is 9.03.